The van der Waals surface area contributed by atoms with Gasteiger partial charge in [-0.2, -0.15) is 0 Å². The Morgan fingerprint density at radius 1 is 1.62 bits per heavy atom. The molecule has 0 aromatic rings. The van der Waals surface area contributed by atoms with Gasteiger partial charge >= 0.3 is 0 Å². The van der Waals surface area contributed by atoms with Crippen LogP contribution in [-0.4, -0.2) is 5.78 Å². The van der Waals surface area contributed by atoms with E-state index in [-0.39, 0.29) is 0 Å². The lowest BCUT2D eigenvalue weighted by Crippen LogP contribution is -2.14. The van der Waals surface area contributed by atoms with Crippen LogP contribution in [0.4, 0.5) is 0 Å². The molecule has 0 atom stereocenters. The summed E-state index contributed by atoms with van der Waals surface area (Å²) in [6.45, 7) is 4.00. The Labute approximate surface area is 49.4 Å². The van der Waals surface area contributed by atoms with Crippen LogP contribution in [0.3, 0.4) is 0 Å². The molecule has 1 heteroatoms. The highest BCUT2D eigenvalue weighted by molar-refractivity contribution is 6.03. The Hall–Kier alpha value is -0.590. The van der Waals surface area contributed by atoms with Crippen LogP contribution in [0.1, 0.15) is 26.7 Å². The third kappa shape index (κ3) is 0.585. The fourth-order valence-electron chi connectivity index (χ4n) is 0.940. The first-order valence-corrected chi connectivity index (χ1v) is 2.97. The maximum Gasteiger partial charge on any atom is 0.162 e. The van der Waals surface area contributed by atoms with Crippen LogP contribution < -0.4 is 0 Å². The average Bonchev–Trinajstić information content (AvgIpc) is 1.81. The second-order valence-electron chi connectivity index (χ2n) is 2.18. The highest BCUT2D eigenvalue weighted by Crippen LogP contribution is 2.25. The Morgan fingerprint density at radius 3 is 2.38 bits per heavy atom. The number of ketones is 1. The van der Waals surface area contributed by atoms with Gasteiger partial charge in [0, 0.05) is 6.42 Å². The first-order valence-electron chi connectivity index (χ1n) is 2.97. The molecule has 0 spiro atoms. The summed E-state index contributed by atoms with van der Waals surface area (Å²) in [5.74, 6) is 0.335. The van der Waals surface area contributed by atoms with Crippen LogP contribution in [0.25, 0.3) is 0 Å². The summed E-state index contributed by atoms with van der Waals surface area (Å²) in [6, 6.07) is 0. The predicted octanol–water partition coefficient (Wildman–Crippen LogP) is 1.69. The van der Waals surface area contributed by atoms with E-state index in [1.165, 1.54) is 5.57 Å². The average molecular weight is 110 g/mol. The van der Waals surface area contributed by atoms with Gasteiger partial charge in [0.25, 0.3) is 0 Å². The van der Waals surface area contributed by atoms with E-state index in [0.29, 0.717) is 5.78 Å². The van der Waals surface area contributed by atoms with E-state index < -0.39 is 0 Å². The van der Waals surface area contributed by atoms with Gasteiger partial charge in [0.05, 0.1) is 0 Å². The number of hydrogen-bond acceptors (Lipinski definition) is 1. The van der Waals surface area contributed by atoms with Crippen molar-refractivity contribution in [3.8, 4) is 0 Å². The van der Waals surface area contributed by atoms with Gasteiger partial charge in [0.1, 0.15) is 0 Å². The highest BCUT2D eigenvalue weighted by atomic mass is 16.1. The first kappa shape index (κ1) is 5.54. The molecule has 0 saturated heterocycles. The molecule has 0 unspecified atom stereocenters. The molecule has 0 amide bonds. The van der Waals surface area contributed by atoms with Crippen molar-refractivity contribution in [1.29, 1.82) is 0 Å². The zero-order chi connectivity index (χ0) is 6.15. The number of carbonyl (C=O) groups excluding carboxylic acids is 1. The van der Waals surface area contributed by atoms with Gasteiger partial charge in [-0.1, -0.05) is 12.5 Å². The van der Waals surface area contributed by atoms with E-state index in [1.807, 2.05) is 6.92 Å². The van der Waals surface area contributed by atoms with Gasteiger partial charge in [-0.15, -0.1) is 0 Å². The summed E-state index contributed by atoms with van der Waals surface area (Å²) in [4.78, 5) is 10.5. The second-order valence-corrected chi connectivity index (χ2v) is 2.18. The molecule has 0 aromatic heterocycles. The molecule has 0 saturated carbocycles. The van der Waals surface area contributed by atoms with E-state index in [1.54, 1.807) is 0 Å². The summed E-state index contributed by atoms with van der Waals surface area (Å²) in [5.41, 5.74) is 2.35. The number of rotatable bonds is 1. The molecule has 1 nitrogen and oxygen atoms in total. The van der Waals surface area contributed by atoms with Crippen molar-refractivity contribution in [3.63, 3.8) is 0 Å². The van der Waals surface area contributed by atoms with Crippen LogP contribution >= 0.6 is 0 Å². The monoisotopic (exact) mass is 110 g/mol. The van der Waals surface area contributed by atoms with Crippen molar-refractivity contribution in [2.75, 3.05) is 0 Å². The number of hydrogen-bond donors (Lipinski definition) is 0. The van der Waals surface area contributed by atoms with Crippen molar-refractivity contribution < 1.29 is 4.79 Å². The molecule has 0 N–H and O–H groups in total. The minimum atomic E-state index is 0.335. The molecule has 1 rings (SSSR count). The van der Waals surface area contributed by atoms with E-state index in [2.05, 4.69) is 6.92 Å². The predicted molar refractivity (Wildman–Crippen MR) is 32.6 cm³/mol. The van der Waals surface area contributed by atoms with Crippen LogP contribution in [0.15, 0.2) is 11.1 Å². The van der Waals surface area contributed by atoms with Gasteiger partial charge in [-0.3, -0.25) is 4.79 Å². The van der Waals surface area contributed by atoms with Gasteiger partial charge in [0.15, 0.2) is 5.78 Å². The SMILES string of the molecule is CCC1=C(C)C(=O)C1. The molecule has 44 valence electrons. The Balaban J connectivity index is 2.72. The van der Waals surface area contributed by atoms with Crippen LogP contribution in [0.5, 0.6) is 0 Å². The van der Waals surface area contributed by atoms with Crippen molar-refractivity contribution >= 4 is 5.78 Å². The van der Waals surface area contributed by atoms with Crippen molar-refractivity contribution in [3.05, 3.63) is 11.1 Å². The second kappa shape index (κ2) is 1.73. The normalized spacial score (nSPS) is 19.0. The summed E-state index contributed by atoms with van der Waals surface area (Å²) in [5, 5.41) is 0. The first-order chi connectivity index (χ1) is 3.75. The van der Waals surface area contributed by atoms with Crippen LogP contribution in [-0.2, 0) is 4.79 Å². The zero-order valence-electron chi connectivity index (χ0n) is 5.32. The molecule has 0 aliphatic heterocycles. The maximum atomic E-state index is 10.5. The summed E-state index contributed by atoms with van der Waals surface area (Å²) in [7, 11) is 0. The van der Waals surface area contributed by atoms with E-state index in [4.69, 9.17) is 0 Å². The smallest absolute Gasteiger partial charge is 0.162 e. The fourth-order valence-corrected chi connectivity index (χ4v) is 0.940. The Bertz CT molecular complexity index is 154. The van der Waals surface area contributed by atoms with Gasteiger partial charge in [0.2, 0.25) is 0 Å². The lowest BCUT2D eigenvalue weighted by atomic mass is 9.87. The van der Waals surface area contributed by atoms with E-state index in [0.717, 1.165) is 18.4 Å². The van der Waals surface area contributed by atoms with Crippen LogP contribution in [0, 0.1) is 0 Å². The largest absolute Gasteiger partial charge is 0.294 e. The molecule has 1 aliphatic carbocycles. The van der Waals surface area contributed by atoms with Crippen LogP contribution in [0.2, 0.25) is 0 Å². The molecular weight excluding hydrogens is 100 g/mol. The standard InChI is InChI=1S/C7H10O/c1-3-6-4-7(8)5(6)2/h3-4H2,1-2H3. The number of allylic oxidation sites excluding steroid dienone is 2. The summed E-state index contributed by atoms with van der Waals surface area (Å²) >= 11 is 0. The molecule has 0 fully saturated rings. The van der Waals surface area contributed by atoms with Gasteiger partial charge in [-0.25, -0.2) is 0 Å². The minimum absolute atomic E-state index is 0.335. The third-order valence-electron chi connectivity index (χ3n) is 1.75. The van der Waals surface area contributed by atoms with Crippen molar-refractivity contribution in [1.82, 2.24) is 0 Å². The third-order valence-corrected chi connectivity index (χ3v) is 1.75. The number of Topliss-reactive ketones (excluding diaryl/α,β-unsaturated/α-hetero) is 1. The Morgan fingerprint density at radius 2 is 2.25 bits per heavy atom. The maximum absolute atomic E-state index is 10.5. The topological polar surface area (TPSA) is 17.1 Å². The van der Waals surface area contributed by atoms with E-state index in [9.17, 15) is 4.79 Å². The van der Waals surface area contributed by atoms with E-state index >= 15 is 0 Å². The number of carbonyl (C=O) groups is 1. The molecule has 0 radical (unpaired) electrons. The van der Waals surface area contributed by atoms with Crippen molar-refractivity contribution in [2.24, 2.45) is 0 Å². The minimum Gasteiger partial charge on any atom is -0.294 e. The molecular formula is C7H10O. The summed E-state index contributed by atoms with van der Waals surface area (Å²) < 4.78 is 0. The lowest BCUT2D eigenvalue weighted by molar-refractivity contribution is -0.116. The van der Waals surface area contributed by atoms with Crippen molar-refractivity contribution in [2.45, 2.75) is 26.7 Å². The fraction of sp³-hybridized carbons (Fsp3) is 0.571. The molecule has 1 aliphatic rings. The van der Waals surface area contributed by atoms with Gasteiger partial charge < -0.3 is 0 Å². The Kier molecular flexibility index (Phi) is 1.20. The summed E-state index contributed by atoms with van der Waals surface area (Å²) in [6.07, 6.45) is 1.78. The lowest BCUT2D eigenvalue weighted by Gasteiger charge is -2.16. The highest BCUT2D eigenvalue weighted by Gasteiger charge is 2.20. The molecule has 8 heavy (non-hydrogen) atoms. The molecule has 0 aromatic carbocycles. The zero-order valence-corrected chi connectivity index (χ0v) is 5.32. The molecule has 0 heterocycles. The molecule has 0 bridgehead atoms. The van der Waals surface area contributed by atoms with Gasteiger partial charge in [-0.05, 0) is 18.9 Å². The quantitative estimate of drug-likeness (QED) is 0.502.